The molecule has 2 amide bonds. The van der Waals surface area contributed by atoms with E-state index in [4.69, 9.17) is 0 Å². The predicted molar refractivity (Wildman–Crippen MR) is 120 cm³/mol. The molecule has 1 N–H and O–H groups in total. The molecule has 7 heteroatoms. The number of aromatic nitrogens is 1. The second-order valence-electron chi connectivity index (χ2n) is 8.40. The summed E-state index contributed by atoms with van der Waals surface area (Å²) in [5.41, 5.74) is 0.976. The topological polar surface area (TPSA) is 65.5 Å². The van der Waals surface area contributed by atoms with E-state index in [0.29, 0.717) is 24.4 Å². The molecule has 2 aromatic rings. The van der Waals surface area contributed by atoms with Crippen molar-refractivity contribution in [1.29, 1.82) is 0 Å². The number of hydrogen-bond acceptors (Lipinski definition) is 5. The molecule has 2 aliphatic rings. The van der Waals surface area contributed by atoms with E-state index in [0.717, 1.165) is 43.2 Å². The number of hydrogen-bond donors (Lipinski definition) is 1. The third-order valence-corrected chi connectivity index (χ3v) is 7.04. The van der Waals surface area contributed by atoms with Gasteiger partial charge in [0.1, 0.15) is 11.9 Å². The van der Waals surface area contributed by atoms with Gasteiger partial charge in [0.15, 0.2) is 0 Å². The first kappa shape index (κ1) is 20.8. The fourth-order valence-electron chi connectivity index (χ4n) is 4.24. The van der Waals surface area contributed by atoms with Crippen LogP contribution in [0.4, 0.5) is 5.82 Å². The van der Waals surface area contributed by atoms with Crippen LogP contribution >= 0.6 is 11.3 Å². The Morgan fingerprint density at radius 1 is 1.13 bits per heavy atom. The highest BCUT2D eigenvalue weighted by atomic mass is 32.1. The first-order valence-electron chi connectivity index (χ1n) is 10.9. The summed E-state index contributed by atoms with van der Waals surface area (Å²) in [6.07, 6.45) is 6.90. The van der Waals surface area contributed by atoms with Gasteiger partial charge in [0, 0.05) is 32.4 Å². The van der Waals surface area contributed by atoms with Crippen LogP contribution in [0, 0.1) is 5.92 Å². The van der Waals surface area contributed by atoms with Crippen LogP contribution in [0.25, 0.3) is 0 Å². The lowest BCUT2D eigenvalue weighted by molar-refractivity contribution is -0.126. The van der Waals surface area contributed by atoms with Gasteiger partial charge in [0.25, 0.3) is 5.91 Å². The maximum absolute atomic E-state index is 12.9. The van der Waals surface area contributed by atoms with E-state index in [1.54, 1.807) is 4.90 Å². The van der Waals surface area contributed by atoms with Crippen molar-refractivity contribution in [2.75, 3.05) is 24.5 Å². The van der Waals surface area contributed by atoms with Gasteiger partial charge < -0.3 is 15.1 Å². The summed E-state index contributed by atoms with van der Waals surface area (Å²) in [6.45, 7) is 5.48. The Bertz CT molecular complexity index is 845. The zero-order chi connectivity index (χ0) is 20.9. The van der Waals surface area contributed by atoms with Crippen LogP contribution in [0.3, 0.4) is 0 Å². The van der Waals surface area contributed by atoms with Gasteiger partial charge in [-0.15, -0.1) is 11.3 Å². The molecule has 2 fully saturated rings. The van der Waals surface area contributed by atoms with Crippen molar-refractivity contribution in [3.63, 3.8) is 0 Å². The number of carbonyl (C=O) groups is 2. The van der Waals surface area contributed by atoms with Gasteiger partial charge >= 0.3 is 0 Å². The molecule has 0 aromatic carbocycles. The molecule has 4 heterocycles. The number of amides is 2. The average Bonchev–Trinajstić information content (AvgIpc) is 3.33. The van der Waals surface area contributed by atoms with Crippen molar-refractivity contribution < 1.29 is 9.59 Å². The zero-order valence-electron chi connectivity index (χ0n) is 17.5. The highest BCUT2D eigenvalue weighted by Gasteiger charge is 2.32. The highest BCUT2D eigenvalue weighted by molar-refractivity contribution is 7.12. The number of piperidine rings is 2. The largest absolute Gasteiger partial charge is 0.357 e. The smallest absolute Gasteiger partial charge is 0.264 e. The van der Waals surface area contributed by atoms with Crippen LogP contribution in [0.5, 0.6) is 0 Å². The lowest BCUT2D eigenvalue weighted by Gasteiger charge is -2.34. The molecule has 2 aromatic heterocycles. The van der Waals surface area contributed by atoms with Gasteiger partial charge in [-0.25, -0.2) is 4.98 Å². The second kappa shape index (κ2) is 9.60. The first-order valence-corrected chi connectivity index (χ1v) is 11.8. The number of pyridine rings is 1. The molecular formula is C23H30N4O2S. The van der Waals surface area contributed by atoms with Gasteiger partial charge in [-0.05, 0) is 61.1 Å². The summed E-state index contributed by atoms with van der Waals surface area (Å²) in [4.78, 5) is 35.0. The quantitative estimate of drug-likeness (QED) is 0.792. The molecule has 0 saturated carbocycles. The zero-order valence-corrected chi connectivity index (χ0v) is 18.4. The lowest BCUT2D eigenvalue weighted by atomic mass is 9.99. The van der Waals surface area contributed by atoms with Gasteiger partial charge in [-0.1, -0.05) is 19.1 Å². The fraction of sp³-hybridized carbons (Fsp3) is 0.522. The summed E-state index contributed by atoms with van der Waals surface area (Å²) in [7, 11) is 0. The number of nitrogens with zero attached hydrogens (tertiary/aromatic N) is 3. The molecule has 2 aliphatic heterocycles. The van der Waals surface area contributed by atoms with E-state index >= 15 is 0 Å². The third-order valence-electron chi connectivity index (χ3n) is 6.18. The first-order chi connectivity index (χ1) is 14.6. The normalized spacial score (nSPS) is 20.2. The van der Waals surface area contributed by atoms with Crippen LogP contribution in [0.15, 0.2) is 35.8 Å². The summed E-state index contributed by atoms with van der Waals surface area (Å²) < 4.78 is 0. The predicted octanol–water partition coefficient (Wildman–Crippen LogP) is 3.69. The Morgan fingerprint density at radius 3 is 2.67 bits per heavy atom. The maximum Gasteiger partial charge on any atom is 0.264 e. The van der Waals surface area contributed by atoms with E-state index < -0.39 is 6.04 Å². The lowest BCUT2D eigenvalue weighted by Crippen LogP contribution is -2.51. The number of rotatable bonds is 5. The molecule has 0 aliphatic carbocycles. The Kier molecular flexibility index (Phi) is 6.67. The van der Waals surface area contributed by atoms with E-state index in [2.05, 4.69) is 22.1 Å². The van der Waals surface area contributed by atoms with Crippen molar-refractivity contribution in [3.8, 4) is 0 Å². The molecule has 160 valence electrons. The molecule has 6 nitrogen and oxygen atoms in total. The highest BCUT2D eigenvalue weighted by Crippen LogP contribution is 2.23. The summed E-state index contributed by atoms with van der Waals surface area (Å²) in [6, 6.07) is 7.39. The molecular weight excluding hydrogens is 396 g/mol. The number of nitrogens with one attached hydrogen (secondary N) is 1. The summed E-state index contributed by atoms with van der Waals surface area (Å²) >= 11 is 1.43. The van der Waals surface area contributed by atoms with Crippen molar-refractivity contribution in [2.24, 2.45) is 5.92 Å². The molecule has 1 atom stereocenters. The van der Waals surface area contributed by atoms with Crippen molar-refractivity contribution in [3.05, 3.63) is 46.3 Å². The van der Waals surface area contributed by atoms with E-state index in [-0.39, 0.29) is 11.8 Å². The molecule has 2 saturated heterocycles. The van der Waals surface area contributed by atoms with Gasteiger partial charge in [0.05, 0.1) is 4.88 Å². The van der Waals surface area contributed by atoms with Crippen molar-refractivity contribution in [2.45, 2.75) is 51.6 Å². The number of carbonyl (C=O) groups excluding carboxylic acids is 2. The molecule has 0 radical (unpaired) electrons. The minimum absolute atomic E-state index is 0.0354. The average molecular weight is 427 g/mol. The minimum Gasteiger partial charge on any atom is -0.357 e. The van der Waals surface area contributed by atoms with Gasteiger partial charge in [-0.2, -0.15) is 0 Å². The molecule has 0 spiro atoms. The number of anilines is 1. The molecule has 30 heavy (non-hydrogen) atoms. The molecule has 1 unspecified atom stereocenters. The van der Waals surface area contributed by atoms with Gasteiger partial charge in [-0.3, -0.25) is 9.59 Å². The van der Waals surface area contributed by atoms with E-state index in [1.165, 1.54) is 24.2 Å². The van der Waals surface area contributed by atoms with Crippen LogP contribution in [-0.4, -0.2) is 47.4 Å². The third kappa shape index (κ3) is 4.83. The Labute approximate surface area is 182 Å². The second-order valence-corrected chi connectivity index (χ2v) is 9.35. The van der Waals surface area contributed by atoms with E-state index in [9.17, 15) is 9.59 Å². The number of likely N-dealkylation sites (tertiary alicyclic amines) is 1. The standard InChI is InChI=1S/C23H30N4O2S/c1-17-9-12-26(13-10-17)21-8-7-18(15-24-21)16-25-22(28)19-5-2-3-11-27(19)23(29)20-6-4-14-30-20/h4,6-8,14-15,17,19H,2-3,5,9-13,16H2,1H3,(H,25,28). The van der Waals surface area contributed by atoms with Crippen molar-refractivity contribution >= 4 is 29.0 Å². The van der Waals surface area contributed by atoms with Crippen LogP contribution < -0.4 is 10.2 Å². The molecule has 4 rings (SSSR count). The Balaban J connectivity index is 1.33. The van der Waals surface area contributed by atoms with Gasteiger partial charge in [0.2, 0.25) is 5.91 Å². The maximum atomic E-state index is 12.9. The summed E-state index contributed by atoms with van der Waals surface area (Å²) in [5.74, 6) is 1.69. The SMILES string of the molecule is CC1CCN(c2ccc(CNC(=O)C3CCCCN3C(=O)c3cccs3)cn2)CC1. The number of thiophene rings is 1. The van der Waals surface area contributed by atoms with Crippen LogP contribution in [0.1, 0.15) is 54.3 Å². The van der Waals surface area contributed by atoms with Crippen LogP contribution in [-0.2, 0) is 11.3 Å². The minimum atomic E-state index is -0.393. The van der Waals surface area contributed by atoms with Crippen molar-refractivity contribution in [1.82, 2.24) is 15.2 Å². The van der Waals surface area contributed by atoms with E-state index in [1.807, 2.05) is 35.8 Å². The summed E-state index contributed by atoms with van der Waals surface area (Å²) in [5, 5.41) is 4.92. The Morgan fingerprint density at radius 2 is 1.97 bits per heavy atom. The fourth-order valence-corrected chi connectivity index (χ4v) is 4.92. The molecule has 0 bridgehead atoms. The Hall–Kier alpha value is -2.41. The van der Waals surface area contributed by atoms with Crippen LogP contribution in [0.2, 0.25) is 0 Å². The monoisotopic (exact) mass is 426 g/mol.